The molecule has 43 heavy (non-hydrogen) atoms. The first-order chi connectivity index (χ1) is 19.9. The molecule has 2 aliphatic rings. The Morgan fingerprint density at radius 3 is 2.19 bits per heavy atom. The van der Waals surface area contributed by atoms with Gasteiger partial charge < -0.3 is 14.6 Å². The van der Waals surface area contributed by atoms with Crippen molar-refractivity contribution in [3.8, 4) is 5.75 Å². The van der Waals surface area contributed by atoms with E-state index in [0.29, 0.717) is 28.8 Å². The lowest BCUT2D eigenvalue weighted by molar-refractivity contribution is -0.143. The van der Waals surface area contributed by atoms with Crippen LogP contribution in [0.25, 0.3) is 5.57 Å². The molecule has 2 aromatic carbocycles. The molecule has 0 aromatic heterocycles. The minimum atomic E-state index is -5.09. The second-order valence-electron chi connectivity index (χ2n) is 10.8. The van der Waals surface area contributed by atoms with E-state index >= 15 is 0 Å². The molecule has 0 bridgehead atoms. The number of hydrogen-bond acceptors (Lipinski definition) is 4. The summed E-state index contributed by atoms with van der Waals surface area (Å²) >= 11 is 0. The number of carboxylic acid groups (broad SMARTS) is 1. The van der Waals surface area contributed by atoms with Gasteiger partial charge in [-0.05, 0) is 60.2 Å². The lowest BCUT2D eigenvalue weighted by Gasteiger charge is -2.35. The van der Waals surface area contributed by atoms with E-state index in [4.69, 9.17) is 9.47 Å². The van der Waals surface area contributed by atoms with E-state index in [1.54, 1.807) is 26.0 Å². The predicted octanol–water partition coefficient (Wildman–Crippen LogP) is 7.71. The summed E-state index contributed by atoms with van der Waals surface area (Å²) in [4.78, 5) is 27.1. The van der Waals surface area contributed by atoms with Gasteiger partial charge in [0.1, 0.15) is 17.7 Å². The number of methoxy groups -OCH3 is 1. The maximum atomic E-state index is 14.6. The van der Waals surface area contributed by atoms with Crippen molar-refractivity contribution in [3.63, 3.8) is 0 Å². The van der Waals surface area contributed by atoms with E-state index < -0.39 is 65.2 Å². The number of carbonyl (C=O) groups is 2. The molecule has 1 N–H and O–H groups in total. The highest BCUT2D eigenvalue weighted by molar-refractivity contribution is 5.76. The Kier molecular flexibility index (Phi) is 8.63. The summed E-state index contributed by atoms with van der Waals surface area (Å²) in [6.45, 7) is 4.68. The standard InChI is InChI=1S/C29H29F7N2O5/c1-14(2)21-11-22(24(42-4)12-23(21)30)16-5-6-37(26(39)40)20(9-16)13-38-15(3)25(43-27(38)41)17-7-18(28(31,32)33)10-19(8-17)29(34,35)36/h7-12,14-15,20,25H,5-6,13H2,1-4H3,(H,39,40)/t15-,20?,25-/m0/s1. The van der Waals surface area contributed by atoms with Crippen LogP contribution < -0.4 is 4.74 Å². The molecule has 0 aliphatic carbocycles. The molecule has 1 fully saturated rings. The quantitative estimate of drug-likeness (QED) is 0.336. The summed E-state index contributed by atoms with van der Waals surface area (Å²) in [6, 6.07) is 1.81. The molecular formula is C29H29F7N2O5. The fourth-order valence-corrected chi connectivity index (χ4v) is 5.40. The zero-order valence-corrected chi connectivity index (χ0v) is 23.5. The lowest BCUT2D eigenvalue weighted by atomic mass is 9.91. The van der Waals surface area contributed by atoms with E-state index in [0.717, 1.165) is 9.80 Å². The normalized spacial score (nSPS) is 21.3. The van der Waals surface area contributed by atoms with Crippen LogP contribution in [0.2, 0.25) is 0 Å². The molecule has 0 saturated carbocycles. The van der Waals surface area contributed by atoms with Crippen LogP contribution in [0.15, 0.2) is 36.4 Å². The number of rotatable bonds is 6. The van der Waals surface area contributed by atoms with Crippen LogP contribution in [0.4, 0.5) is 40.3 Å². The third-order valence-electron chi connectivity index (χ3n) is 7.66. The van der Waals surface area contributed by atoms with Crippen LogP contribution >= 0.6 is 0 Å². The number of amides is 2. The molecule has 2 aromatic rings. The van der Waals surface area contributed by atoms with E-state index in [9.17, 15) is 45.4 Å². The Balaban J connectivity index is 1.70. The maximum Gasteiger partial charge on any atom is 0.416 e. The van der Waals surface area contributed by atoms with Crippen LogP contribution in [0, 0.1) is 5.82 Å². The largest absolute Gasteiger partial charge is 0.496 e. The van der Waals surface area contributed by atoms with Crippen molar-refractivity contribution < 1.29 is 54.9 Å². The van der Waals surface area contributed by atoms with Crippen molar-refractivity contribution >= 4 is 17.8 Å². The number of halogens is 7. The smallest absolute Gasteiger partial charge is 0.416 e. The molecule has 7 nitrogen and oxygen atoms in total. The zero-order chi connectivity index (χ0) is 32.0. The number of hydrogen-bond donors (Lipinski definition) is 1. The Labute approximate surface area is 242 Å². The Hall–Kier alpha value is -3.97. The van der Waals surface area contributed by atoms with Gasteiger partial charge in [0.25, 0.3) is 0 Å². The van der Waals surface area contributed by atoms with Crippen molar-refractivity contribution in [1.82, 2.24) is 9.80 Å². The number of alkyl halides is 6. The summed E-state index contributed by atoms with van der Waals surface area (Å²) in [5, 5.41) is 9.84. The maximum absolute atomic E-state index is 14.6. The van der Waals surface area contributed by atoms with Crippen molar-refractivity contribution in [2.75, 3.05) is 20.2 Å². The Morgan fingerprint density at radius 2 is 1.67 bits per heavy atom. The average Bonchev–Trinajstić information content (AvgIpc) is 3.19. The second kappa shape index (κ2) is 11.6. The molecule has 2 heterocycles. The predicted molar refractivity (Wildman–Crippen MR) is 140 cm³/mol. The topological polar surface area (TPSA) is 79.3 Å². The van der Waals surface area contributed by atoms with Gasteiger partial charge in [-0.25, -0.2) is 14.0 Å². The summed E-state index contributed by atoms with van der Waals surface area (Å²) in [5.41, 5.74) is -2.05. The third-order valence-corrected chi connectivity index (χ3v) is 7.66. The SMILES string of the molecule is COc1cc(F)c(C(C)C)cc1C1=CC(CN2C(=O)O[C@H](c3cc(C(F)(F)F)cc(C(F)(F)F)c3)[C@@H]2C)N(C(=O)O)CC1. The highest BCUT2D eigenvalue weighted by atomic mass is 19.4. The van der Waals surface area contributed by atoms with Crippen molar-refractivity contribution in [1.29, 1.82) is 0 Å². The molecule has 1 saturated heterocycles. The Bertz CT molecular complexity index is 1410. The van der Waals surface area contributed by atoms with Crippen LogP contribution in [-0.4, -0.2) is 59.4 Å². The minimum absolute atomic E-state index is 0.00730. The van der Waals surface area contributed by atoms with E-state index in [2.05, 4.69) is 0 Å². The van der Waals surface area contributed by atoms with Crippen molar-refractivity contribution in [2.45, 2.75) is 63.7 Å². The second-order valence-corrected chi connectivity index (χ2v) is 10.8. The summed E-state index contributed by atoms with van der Waals surface area (Å²) in [7, 11) is 1.36. The molecule has 1 unspecified atom stereocenters. The van der Waals surface area contributed by atoms with Gasteiger partial charge in [-0.3, -0.25) is 9.80 Å². The first-order valence-corrected chi connectivity index (χ1v) is 13.3. The fraction of sp³-hybridized carbons (Fsp3) is 0.448. The fourth-order valence-electron chi connectivity index (χ4n) is 5.40. The first kappa shape index (κ1) is 32.0. The minimum Gasteiger partial charge on any atom is -0.496 e. The van der Waals surface area contributed by atoms with Gasteiger partial charge in [0.15, 0.2) is 0 Å². The molecule has 14 heteroatoms. The molecule has 0 radical (unpaired) electrons. The molecule has 4 rings (SSSR count). The Morgan fingerprint density at radius 1 is 1.07 bits per heavy atom. The first-order valence-electron chi connectivity index (χ1n) is 13.3. The number of cyclic esters (lactones) is 1. The number of carbonyl (C=O) groups excluding carboxylic acids is 1. The lowest BCUT2D eigenvalue weighted by Crippen LogP contribution is -2.49. The monoisotopic (exact) mass is 618 g/mol. The molecule has 2 aliphatic heterocycles. The van der Waals surface area contributed by atoms with E-state index in [-0.39, 0.29) is 37.2 Å². The van der Waals surface area contributed by atoms with Crippen LogP contribution in [0.5, 0.6) is 5.75 Å². The van der Waals surface area contributed by atoms with Gasteiger partial charge in [0, 0.05) is 24.7 Å². The molecule has 0 spiro atoms. The summed E-state index contributed by atoms with van der Waals surface area (Å²) < 4.78 is 106. The van der Waals surface area contributed by atoms with Crippen LogP contribution in [0.3, 0.4) is 0 Å². The third kappa shape index (κ3) is 6.52. The molecule has 234 valence electrons. The van der Waals surface area contributed by atoms with Gasteiger partial charge in [-0.15, -0.1) is 0 Å². The highest BCUT2D eigenvalue weighted by Crippen LogP contribution is 2.42. The molecular weight excluding hydrogens is 589 g/mol. The van der Waals surface area contributed by atoms with E-state index in [1.807, 2.05) is 0 Å². The van der Waals surface area contributed by atoms with Gasteiger partial charge in [-0.1, -0.05) is 19.9 Å². The van der Waals surface area contributed by atoms with Gasteiger partial charge in [0.05, 0.1) is 30.3 Å². The average molecular weight is 619 g/mol. The van der Waals surface area contributed by atoms with Crippen molar-refractivity contribution in [3.05, 3.63) is 70.0 Å². The molecule has 3 atom stereocenters. The number of benzene rings is 2. The summed E-state index contributed by atoms with van der Waals surface area (Å²) in [6.07, 6.45) is -12.2. The highest BCUT2D eigenvalue weighted by Gasteiger charge is 2.44. The van der Waals surface area contributed by atoms with Gasteiger partial charge in [0.2, 0.25) is 0 Å². The summed E-state index contributed by atoms with van der Waals surface area (Å²) in [5.74, 6) is -0.431. The van der Waals surface area contributed by atoms with Crippen LogP contribution in [-0.2, 0) is 17.1 Å². The van der Waals surface area contributed by atoms with E-state index in [1.165, 1.54) is 20.1 Å². The number of ether oxygens (including phenoxy) is 2. The number of nitrogens with zero attached hydrogens (tertiary/aromatic N) is 2. The van der Waals surface area contributed by atoms with Gasteiger partial charge >= 0.3 is 24.5 Å². The van der Waals surface area contributed by atoms with Crippen molar-refractivity contribution in [2.24, 2.45) is 0 Å². The molecule has 2 amide bonds. The van der Waals surface area contributed by atoms with Crippen LogP contribution in [0.1, 0.15) is 67.0 Å². The van der Waals surface area contributed by atoms with Gasteiger partial charge in [-0.2, -0.15) is 26.3 Å². The zero-order valence-electron chi connectivity index (χ0n) is 23.5.